The van der Waals surface area contributed by atoms with E-state index in [9.17, 15) is 9.18 Å². The van der Waals surface area contributed by atoms with Crippen LogP contribution in [0.2, 0.25) is 0 Å². The molecule has 2 aromatic heterocycles. The predicted molar refractivity (Wildman–Crippen MR) is 126 cm³/mol. The van der Waals surface area contributed by atoms with Gasteiger partial charge in [-0.25, -0.2) is 9.37 Å². The maximum atomic E-state index is 13.5. The van der Waals surface area contributed by atoms with Crippen LogP contribution in [0.25, 0.3) is 22.4 Å². The van der Waals surface area contributed by atoms with Gasteiger partial charge in [-0.2, -0.15) is 0 Å². The Labute approximate surface area is 186 Å². The molecular weight excluding hydrogens is 403 g/mol. The lowest BCUT2D eigenvalue weighted by atomic mass is 10.0. The summed E-state index contributed by atoms with van der Waals surface area (Å²) in [5.41, 5.74) is 3.54. The number of anilines is 1. The number of nitrogens with one attached hydrogen (secondary N) is 1. The molecule has 0 unspecified atom stereocenters. The molecule has 4 rings (SSSR count). The number of aryl methyl sites for hydroxylation is 1. The van der Waals surface area contributed by atoms with Gasteiger partial charge >= 0.3 is 0 Å². The molecule has 0 spiro atoms. The summed E-state index contributed by atoms with van der Waals surface area (Å²) in [4.78, 5) is 22.5. The smallest absolute Gasteiger partial charge is 0.263 e. The van der Waals surface area contributed by atoms with E-state index in [1.54, 1.807) is 29.1 Å². The van der Waals surface area contributed by atoms with Gasteiger partial charge < -0.3 is 5.32 Å². The van der Waals surface area contributed by atoms with Crippen molar-refractivity contribution < 1.29 is 4.39 Å². The third-order valence-electron chi connectivity index (χ3n) is 5.34. The van der Waals surface area contributed by atoms with Crippen molar-refractivity contribution >= 4 is 5.95 Å². The fraction of sp³-hybridized carbons (Fsp3) is 0.192. The molecule has 162 valence electrons. The fourth-order valence-electron chi connectivity index (χ4n) is 3.72. The van der Waals surface area contributed by atoms with Crippen LogP contribution in [0.1, 0.15) is 18.9 Å². The molecule has 4 aromatic rings. The number of hydrogen-bond donors (Lipinski definition) is 1. The van der Waals surface area contributed by atoms with Gasteiger partial charge in [0.05, 0.1) is 11.3 Å². The number of hydrogen-bond acceptors (Lipinski definition) is 4. The minimum absolute atomic E-state index is 0.161. The topological polar surface area (TPSA) is 59.8 Å². The second kappa shape index (κ2) is 10.0. The highest BCUT2D eigenvalue weighted by molar-refractivity contribution is 5.80. The average Bonchev–Trinajstić information content (AvgIpc) is 2.83. The van der Waals surface area contributed by atoms with Crippen molar-refractivity contribution in [3.63, 3.8) is 0 Å². The van der Waals surface area contributed by atoms with Gasteiger partial charge in [0.1, 0.15) is 5.82 Å². The zero-order valence-corrected chi connectivity index (χ0v) is 18.0. The Bertz CT molecular complexity index is 1220. The van der Waals surface area contributed by atoms with E-state index in [1.165, 1.54) is 17.7 Å². The fourth-order valence-corrected chi connectivity index (χ4v) is 3.72. The number of halogens is 1. The highest BCUT2D eigenvalue weighted by Gasteiger charge is 2.19. The Morgan fingerprint density at radius 1 is 0.938 bits per heavy atom. The first-order valence-electron chi connectivity index (χ1n) is 10.8. The van der Waals surface area contributed by atoms with Crippen LogP contribution in [0.3, 0.4) is 0 Å². The second-order valence-electron chi connectivity index (χ2n) is 7.47. The van der Waals surface area contributed by atoms with Crippen LogP contribution in [0.4, 0.5) is 10.3 Å². The van der Waals surface area contributed by atoms with Crippen molar-refractivity contribution in [3.05, 3.63) is 101 Å². The standard InChI is InChI=1S/C26H25FN4O/c1-2-31-25(32)23(20-10-12-22(27)13-11-20)24(21-14-17-28-18-15-21)30-26(31)29-16-6-9-19-7-4-3-5-8-19/h3-5,7-8,10-15,17-18H,2,6,9,16H2,1H3,(H,29,30). The lowest BCUT2D eigenvalue weighted by Gasteiger charge is -2.17. The second-order valence-corrected chi connectivity index (χ2v) is 7.47. The lowest BCUT2D eigenvalue weighted by Crippen LogP contribution is -2.27. The number of nitrogens with zero attached hydrogens (tertiary/aromatic N) is 3. The molecular formula is C26H25FN4O. The lowest BCUT2D eigenvalue weighted by molar-refractivity contribution is 0.628. The number of aromatic nitrogens is 3. The summed E-state index contributed by atoms with van der Waals surface area (Å²) in [7, 11) is 0. The van der Waals surface area contributed by atoms with Crippen molar-refractivity contribution in [1.29, 1.82) is 0 Å². The van der Waals surface area contributed by atoms with Crippen LogP contribution in [0, 0.1) is 5.82 Å². The van der Waals surface area contributed by atoms with Crippen LogP contribution in [-0.4, -0.2) is 21.1 Å². The summed E-state index contributed by atoms with van der Waals surface area (Å²) in [6.07, 6.45) is 5.19. The molecule has 0 aliphatic carbocycles. The summed E-state index contributed by atoms with van der Waals surface area (Å²) in [5, 5.41) is 3.35. The Morgan fingerprint density at radius 2 is 1.66 bits per heavy atom. The summed E-state index contributed by atoms with van der Waals surface area (Å²) in [6, 6.07) is 19.9. The van der Waals surface area contributed by atoms with Gasteiger partial charge in [-0.05, 0) is 55.2 Å². The van der Waals surface area contributed by atoms with Crippen molar-refractivity contribution in [2.45, 2.75) is 26.3 Å². The summed E-state index contributed by atoms with van der Waals surface area (Å²) >= 11 is 0. The van der Waals surface area contributed by atoms with Gasteiger partial charge in [0.2, 0.25) is 5.95 Å². The minimum atomic E-state index is -0.348. The van der Waals surface area contributed by atoms with E-state index in [0.717, 1.165) is 18.4 Å². The molecule has 0 bridgehead atoms. The van der Waals surface area contributed by atoms with Crippen LogP contribution in [-0.2, 0) is 13.0 Å². The third-order valence-corrected chi connectivity index (χ3v) is 5.34. The van der Waals surface area contributed by atoms with Gasteiger partial charge in [0, 0.05) is 31.0 Å². The molecule has 6 heteroatoms. The molecule has 2 aromatic carbocycles. The zero-order chi connectivity index (χ0) is 22.3. The van der Waals surface area contributed by atoms with E-state index in [-0.39, 0.29) is 11.4 Å². The summed E-state index contributed by atoms with van der Waals surface area (Å²) < 4.78 is 15.1. The monoisotopic (exact) mass is 428 g/mol. The number of benzene rings is 2. The SMILES string of the molecule is CCn1c(NCCCc2ccccc2)nc(-c2ccncc2)c(-c2ccc(F)cc2)c1=O. The highest BCUT2D eigenvalue weighted by atomic mass is 19.1. The number of pyridine rings is 1. The Kier molecular flexibility index (Phi) is 6.70. The normalized spacial score (nSPS) is 10.8. The predicted octanol–water partition coefficient (Wildman–Crippen LogP) is 5.18. The maximum Gasteiger partial charge on any atom is 0.263 e. The molecule has 0 aliphatic rings. The number of rotatable bonds is 8. The van der Waals surface area contributed by atoms with Gasteiger partial charge in [-0.3, -0.25) is 14.3 Å². The van der Waals surface area contributed by atoms with Crippen LogP contribution in [0.15, 0.2) is 83.9 Å². The molecule has 0 saturated carbocycles. The summed E-state index contributed by atoms with van der Waals surface area (Å²) in [6.45, 7) is 3.07. The molecule has 2 heterocycles. The van der Waals surface area contributed by atoms with Crippen LogP contribution < -0.4 is 10.9 Å². The first kappa shape index (κ1) is 21.4. The zero-order valence-electron chi connectivity index (χ0n) is 18.0. The largest absolute Gasteiger partial charge is 0.356 e. The minimum Gasteiger partial charge on any atom is -0.356 e. The Hall–Kier alpha value is -3.80. The van der Waals surface area contributed by atoms with Gasteiger partial charge in [-0.15, -0.1) is 0 Å². The maximum absolute atomic E-state index is 13.5. The first-order chi connectivity index (χ1) is 15.7. The van der Waals surface area contributed by atoms with E-state index in [4.69, 9.17) is 4.98 Å². The van der Waals surface area contributed by atoms with E-state index in [1.807, 2.05) is 37.3 Å². The van der Waals surface area contributed by atoms with Crippen LogP contribution in [0.5, 0.6) is 0 Å². The van der Waals surface area contributed by atoms with Gasteiger partial charge in [-0.1, -0.05) is 42.5 Å². The summed E-state index contributed by atoms with van der Waals surface area (Å²) in [5.74, 6) is 0.183. The molecule has 0 amide bonds. The van der Waals surface area contributed by atoms with Crippen molar-refractivity contribution in [2.24, 2.45) is 0 Å². The quantitative estimate of drug-likeness (QED) is 0.393. The third kappa shape index (κ3) is 4.75. The molecule has 0 aliphatic heterocycles. The average molecular weight is 429 g/mol. The Balaban J connectivity index is 1.70. The van der Waals surface area contributed by atoms with Crippen molar-refractivity contribution in [3.8, 4) is 22.4 Å². The highest BCUT2D eigenvalue weighted by Crippen LogP contribution is 2.29. The first-order valence-corrected chi connectivity index (χ1v) is 10.8. The van der Waals surface area contributed by atoms with Crippen molar-refractivity contribution in [1.82, 2.24) is 14.5 Å². The van der Waals surface area contributed by atoms with E-state index in [0.29, 0.717) is 35.9 Å². The van der Waals surface area contributed by atoms with Gasteiger partial charge in [0.25, 0.3) is 5.56 Å². The van der Waals surface area contributed by atoms with E-state index in [2.05, 4.69) is 22.4 Å². The molecule has 0 atom stereocenters. The van der Waals surface area contributed by atoms with Crippen molar-refractivity contribution in [2.75, 3.05) is 11.9 Å². The molecule has 0 fully saturated rings. The molecule has 5 nitrogen and oxygen atoms in total. The molecule has 0 saturated heterocycles. The molecule has 0 radical (unpaired) electrons. The Morgan fingerprint density at radius 3 is 2.34 bits per heavy atom. The van der Waals surface area contributed by atoms with Crippen LogP contribution >= 0.6 is 0 Å². The van der Waals surface area contributed by atoms with Gasteiger partial charge in [0.15, 0.2) is 0 Å². The molecule has 1 N–H and O–H groups in total. The molecule has 32 heavy (non-hydrogen) atoms. The van der Waals surface area contributed by atoms with E-state index < -0.39 is 0 Å². The van der Waals surface area contributed by atoms with E-state index >= 15 is 0 Å².